The summed E-state index contributed by atoms with van der Waals surface area (Å²) < 4.78 is 13.4. The van der Waals surface area contributed by atoms with Crippen LogP contribution in [0.4, 0.5) is 4.39 Å². The summed E-state index contributed by atoms with van der Waals surface area (Å²) in [6.07, 6.45) is 1.42. The maximum Gasteiger partial charge on any atom is 0.297 e. The van der Waals surface area contributed by atoms with E-state index in [1.807, 2.05) is 0 Å². The lowest BCUT2D eigenvalue weighted by molar-refractivity contribution is 0.0943. The van der Waals surface area contributed by atoms with Crippen molar-refractivity contribution >= 4 is 28.5 Å². The number of hydrogen-bond donors (Lipinski definition) is 2. The Balaban J connectivity index is 1.87. The quantitative estimate of drug-likeness (QED) is 0.712. The highest BCUT2D eigenvalue weighted by Crippen LogP contribution is 2.16. The minimum atomic E-state index is -0.879. The Bertz CT molecular complexity index is 1000. The fraction of sp³-hybridized carbons (Fsp3) is 0.0625. The summed E-state index contributed by atoms with van der Waals surface area (Å²) in [5.41, 5.74) is -0.479. The van der Waals surface area contributed by atoms with Crippen LogP contribution in [0.3, 0.4) is 0 Å². The Morgan fingerprint density at radius 1 is 1.33 bits per heavy atom. The predicted octanol–water partition coefficient (Wildman–Crippen LogP) is 2.36. The number of rotatable bonds is 3. The second-order valence-electron chi connectivity index (χ2n) is 5.02. The highest BCUT2D eigenvalue weighted by Gasteiger charge is 2.16. The number of hydrogen-bond acceptors (Lipinski definition) is 4. The zero-order chi connectivity index (χ0) is 17.3. The molecule has 0 spiro atoms. The summed E-state index contributed by atoms with van der Waals surface area (Å²) in [5.74, 6) is -1.23. The van der Waals surface area contributed by atoms with Gasteiger partial charge in [0.1, 0.15) is 11.4 Å². The van der Waals surface area contributed by atoms with Gasteiger partial charge in [0.2, 0.25) is 0 Å². The number of nitrogens with one attached hydrogen (secondary N) is 1. The van der Waals surface area contributed by atoms with E-state index in [2.05, 4.69) is 10.3 Å². The van der Waals surface area contributed by atoms with Crippen molar-refractivity contribution in [2.75, 3.05) is 0 Å². The van der Waals surface area contributed by atoms with Crippen molar-refractivity contribution in [3.8, 4) is 0 Å². The normalized spacial score (nSPS) is 10.8. The number of halogens is 2. The van der Waals surface area contributed by atoms with Crippen LogP contribution in [0.2, 0.25) is 5.02 Å². The Morgan fingerprint density at radius 2 is 2.12 bits per heavy atom. The lowest BCUT2D eigenvalue weighted by Crippen LogP contribution is -2.32. The number of amides is 1. The second-order valence-corrected chi connectivity index (χ2v) is 5.43. The molecule has 0 saturated heterocycles. The van der Waals surface area contributed by atoms with Crippen molar-refractivity contribution in [3.63, 3.8) is 0 Å². The summed E-state index contributed by atoms with van der Waals surface area (Å²) in [7, 11) is 0. The molecule has 2 heterocycles. The Kier molecular flexibility index (Phi) is 4.18. The molecule has 122 valence electrons. The predicted molar refractivity (Wildman–Crippen MR) is 85.8 cm³/mol. The Hall–Kier alpha value is -2.93. The lowest BCUT2D eigenvalue weighted by Gasteiger charge is -2.08. The highest BCUT2D eigenvalue weighted by molar-refractivity contribution is 6.30. The minimum Gasteiger partial charge on any atom is -0.423 e. The van der Waals surface area contributed by atoms with E-state index < -0.39 is 17.3 Å². The van der Waals surface area contributed by atoms with Crippen molar-refractivity contribution in [1.82, 2.24) is 15.0 Å². The van der Waals surface area contributed by atoms with Gasteiger partial charge in [0.15, 0.2) is 5.65 Å². The SMILES string of the molecule is O=C(NCc1ccc(F)c(Cl)c1)c1cc2cccnc2n(O)c1=O. The van der Waals surface area contributed by atoms with Crippen molar-refractivity contribution in [1.29, 1.82) is 0 Å². The number of fused-ring (bicyclic) bond motifs is 1. The molecule has 0 aliphatic rings. The molecule has 0 aliphatic carbocycles. The van der Waals surface area contributed by atoms with E-state index in [1.54, 1.807) is 12.1 Å². The first-order valence-corrected chi connectivity index (χ1v) is 7.27. The van der Waals surface area contributed by atoms with E-state index in [9.17, 15) is 19.2 Å². The molecule has 24 heavy (non-hydrogen) atoms. The summed E-state index contributed by atoms with van der Waals surface area (Å²) >= 11 is 5.68. The van der Waals surface area contributed by atoms with Crippen LogP contribution in [0.5, 0.6) is 0 Å². The molecule has 0 unspecified atom stereocenters. The van der Waals surface area contributed by atoms with Crippen LogP contribution < -0.4 is 10.9 Å². The van der Waals surface area contributed by atoms with Crippen molar-refractivity contribution in [2.24, 2.45) is 0 Å². The van der Waals surface area contributed by atoms with Crippen LogP contribution in [0.25, 0.3) is 11.0 Å². The van der Waals surface area contributed by atoms with E-state index in [0.29, 0.717) is 15.7 Å². The lowest BCUT2D eigenvalue weighted by atomic mass is 10.2. The number of benzene rings is 1. The zero-order valence-electron chi connectivity index (χ0n) is 12.2. The van der Waals surface area contributed by atoms with Gasteiger partial charge in [-0.25, -0.2) is 9.37 Å². The standard InChI is InChI=1S/C16H11ClFN3O3/c17-12-6-9(3-4-13(12)18)8-20-15(22)11-7-10-2-1-5-19-14(10)21(24)16(11)23/h1-7,24H,8H2,(H,20,22). The third kappa shape index (κ3) is 2.93. The first-order chi connectivity index (χ1) is 11.5. The zero-order valence-corrected chi connectivity index (χ0v) is 12.9. The molecular weight excluding hydrogens is 337 g/mol. The van der Waals surface area contributed by atoms with Crippen LogP contribution in [-0.2, 0) is 6.54 Å². The smallest absolute Gasteiger partial charge is 0.297 e. The molecule has 0 aliphatic heterocycles. The number of pyridine rings is 2. The average molecular weight is 348 g/mol. The van der Waals surface area contributed by atoms with E-state index in [1.165, 1.54) is 30.5 Å². The van der Waals surface area contributed by atoms with Gasteiger partial charge in [-0.3, -0.25) is 9.59 Å². The van der Waals surface area contributed by atoms with Crippen LogP contribution >= 0.6 is 11.6 Å². The van der Waals surface area contributed by atoms with Crippen LogP contribution in [0.1, 0.15) is 15.9 Å². The molecule has 3 rings (SSSR count). The van der Waals surface area contributed by atoms with Gasteiger partial charge in [-0.1, -0.05) is 17.7 Å². The summed E-state index contributed by atoms with van der Waals surface area (Å²) in [5, 5.41) is 12.8. The first-order valence-electron chi connectivity index (χ1n) is 6.89. The number of carbonyl (C=O) groups is 1. The fourth-order valence-corrected chi connectivity index (χ4v) is 2.42. The van der Waals surface area contributed by atoms with E-state index in [0.717, 1.165) is 0 Å². The molecule has 2 aromatic heterocycles. The molecule has 0 atom stereocenters. The third-order valence-electron chi connectivity index (χ3n) is 3.42. The van der Waals surface area contributed by atoms with Crippen LogP contribution in [-0.4, -0.2) is 20.8 Å². The summed E-state index contributed by atoms with van der Waals surface area (Å²) in [4.78, 5) is 28.2. The van der Waals surface area contributed by atoms with Gasteiger partial charge in [0, 0.05) is 18.1 Å². The van der Waals surface area contributed by atoms with Gasteiger partial charge in [-0.05, 0) is 35.9 Å². The first kappa shape index (κ1) is 15.9. The molecule has 2 N–H and O–H groups in total. The van der Waals surface area contributed by atoms with E-state index >= 15 is 0 Å². The van der Waals surface area contributed by atoms with E-state index in [4.69, 9.17) is 11.6 Å². The van der Waals surface area contributed by atoms with Crippen LogP contribution in [0, 0.1) is 5.82 Å². The maximum absolute atomic E-state index is 13.1. The highest BCUT2D eigenvalue weighted by atomic mass is 35.5. The topological polar surface area (TPSA) is 84.2 Å². The van der Waals surface area contributed by atoms with Gasteiger partial charge >= 0.3 is 0 Å². The van der Waals surface area contributed by atoms with Gasteiger partial charge in [-0.15, -0.1) is 4.73 Å². The Morgan fingerprint density at radius 3 is 2.88 bits per heavy atom. The fourth-order valence-electron chi connectivity index (χ4n) is 2.22. The maximum atomic E-state index is 13.1. The molecule has 0 radical (unpaired) electrons. The minimum absolute atomic E-state index is 0.0504. The molecule has 8 heteroatoms. The largest absolute Gasteiger partial charge is 0.423 e. The summed E-state index contributed by atoms with van der Waals surface area (Å²) in [6.45, 7) is 0.0504. The number of nitrogens with zero attached hydrogens (tertiary/aromatic N) is 2. The van der Waals surface area contributed by atoms with Gasteiger partial charge in [-0.2, -0.15) is 0 Å². The van der Waals surface area contributed by atoms with Gasteiger partial charge in [0.05, 0.1) is 5.02 Å². The Labute approximate surface area is 140 Å². The third-order valence-corrected chi connectivity index (χ3v) is 3.71. The molecular formula is C16H11ClFN3O3. The van der Waals surface area contributed by atoms with Crippen LogP contribution in [0.15, 0.2) is 47.4 Å². The number of aromatic nitrogens is 2. The molecule has 3 aromatic rings. The molecule has 6 nitrogen and oxygen atoms in total. The molecule has 0 bridgehead atoms. The van der Waals surface area contributed by atoms with Crippen molar-refractivity contribution < 1.29 is 14.4 Å². The average Bonchev–Trinajstić information content (AvgIpc) is 2.59. The monoisotopic (exact) mass is 347 g/mol. The van der Waals surface area contributed by atoms with E-state index in [-0.39, 0.29) is 22.8 Å². The molecule has 0 saturated carbocycles. The second kappa shape index (κ2) is 6.29. The van der Waals surface area contributed by atoms with Crippen molar-refractivity contribution in [3.05, 3.63) is 74.9 Å². The summed E-state index contributed by atoms with van der Waals surface area (Å²) in [6, 6.07) is 8.62. The molecule has 0 fully saturated rings. The van der Waals surface area contributed by atoms with Gasteiger partial charge < -0.3 is 10.5 Å². The van der Waals surface area contributed by atoms with Crippen molar-refractivity contribution in [2.45, 2.75) is 6.54 Å². The molecule has 1 aromatic carbocycles. The van der Waals surface area contributed by atoms with Gasteiger partial charge in [0.25, 0.3) is 11.5 Å². The molecule has 1 amide bonds. The number of carbonyl (C=O) groups excluding carboxylic acids is 1.